The van der Waals surface area contributed by atoms with Crippen LogP contribution < -0.4 is 10.5 Å². The van der Waals surface area contributed by atoms with Crippen molar-refractivity contribution < 1.29 is 13.1 Å². The van der Waals surface area contributed by atoms with Gasteiger partial charge in [-0.3, -0.25) is 4.70 Å². The minimum Gasteiger partial charge on any atom is -0.375 e. The molecule has 0 saturated heterocycles. The van der Waals surface area contributed by atoms with E-state index in [-0.39, 0.29) is 10.5 Å². The third-order valence-electron chi connectivity index (χ3n) is 4.06. The summed E-state index contributed by atoms with van der Waals surface area (Å²) in [5.74, 6) is 0.773. The first-order valence-corrected chi connectivity index (χ1v) is 11.0. The number of hydrogen-bond acceptors (Lipinski definition) is 5. The molecule has 3 N–H and O–H groups in total. The molecular weight excluding hydrogens is 385 g/mol. The fourth-order valence-electron chi connectivity index (χ4n) is 2.65. The van der Waals surface area contributed by atoms with Gasteiger partial charge in [-0.25, -0.2) is 18.1 Å². The number of aromatic nitrogens is 1. The van der Waals surface area contributed by atoms with E-state index in [1.54, 1.807) is 6.92 Å². The number of nitrogens with one attached hydrogen (secondary N) is 1. The minimum atomic E-state index is -2.97. The summed E-state index contributed by atoms with van der Waals surface area (Å²) in [6.07, 6.45) is 6.21. The van der Waals surface area contributed by atoms with Gasteiger partial charge in [-0.15, -0.1) is 0 Å². The molecule has 25 heavy (non-hydrogen) atoms. The highest BCUT2D eigenvalue weighted by Gasteiger charge is 2.15. The minimum absolute atomic E-state index is 0. The first-order chi connectivity index (χ1) is 11.4. The second-order valence-electron chi connectivity index (χ2n) is 5.92. The number of halogens is 2. The zero-order valence-corrected chi connectivity index (χ0v) is 16.6. The Kier molecular flexibility index (Phi) is 9.06. The van der Waals surface area contributed by atoms with Crippen LogP contribution in [0, 0.1) is 5.92 Å². The molecule has 1 aliphatic rings. The number of sulfonamides is 1. The molecule has 9 heteroatoms. The molecule has 0 aliphatic heterocycles. The first-order valence-electron chi connectivity index (χ1n) is 8.18. The molecule has 1 fully saturated rings. The van der Waals surface area contributed by atoms with Crippen molar-refractivity contribution in [2.75, 3.05) is 18.0 Å². The van der Waals surface area contributed by atoms with Crippen LogP contribution in [0.5, 0.6) is 0 Å². The average molecular weight is 410 g/mol. The Labute approximate surface area is 157 Å². The van der Waals surface area contributed by atoms with Gasteiger partial charge in [-0.1, -0.05) is 42.2 Å². The molecule has 142 valence electrons. The van der Waals surface area contributed by atoms with Gasteiger partial charge < -0.3 is 5.73 Å². The van der Waals surface area contributed by atoms with Gasteiger partial charge in [0.1, 0.15) is 0 Å². The molecule has 0 unspecified atom stereocenters. The highest BCUT2D eigenvalue weighted by atomic mass is 35.5. The molecule has 1 aromatic heterocycles. The van der Waals surface area contributed by atoms with Crippen molar-refractivity contribution >= 4 is 48.3 Å². The Balaban J connectivity index is 0.000000243. The molecule has 1 aliphatic carbocycles. The Bertz CT molecular complexity index is 762. The SMILES string of the molecule is CCS(=O)(=O)NCC1CCCCC1.F.Nc1nc2ccc(Cl)cc2s1. The molecule has 1 heterocycles. The topological polar surface area (TPSA) is 85.1 Å². The van der Waals surface area contributed by atoms with Crippen molar-refractivity contribution in [2.45, 2.75) is 39.0 Å². The molecule has 0 spiro atoms. The van der Waals surface area contributed by atoms with E-state index >= 15 is 0 Å². The lowest BCUT2D eigenvalue weighted by atomic mass is 9.90. The molecule has 3 rings (SSSR count). The molecule has 0 radical (unpaired) electrons. The molecule has 0 atom stereocenters. The summed E-state index contributed by atoms with van der Waals surface area (Å²) >= 11 is 7.21. The third kappa shape index (κ3) is 7.43. The van der Waals surface area contributed by atoms with Gasteiger partial charge in [-0.2, -0.15) is 0 Å². The molecule has 1 aromatic carbocycles. The fraction of sp³-hybridized carbons (Fsp3) is 0.562. The number of nitrogen functional groups attached to an aromatic ring is 1. The van der Waals surface area contributed by atoms with Crippen LogP contribution >= 0.6 is 22.9 Å². The number of rotatable bonds is 4. The van der Waals surface area contributed by atoms with Crippen molar-refractivity contribution in [3.8, 4) is 0 Å². The van der Waals surface area contributed by atoms with Gasteiger partial charge in [0, 0.05) is 11.6 Å². The van der Waals surface area contributed by atoms with Crippen LogP contribution in [0.4, 0.5) is 9.84 Å². The van der Waals surface area contributed by atoms with Crippen molar-refractivity contribution in [1.82, 2.24) is 9.71 Å². The number of fused-ring (bicyclic) bond motifs is 1. The number of thiazole rings is 1. The van der Waals surface area contributed by atoms with Gasteiger partial charge in [0.15, 0.2) is 5.13 Å². The zero-order chi connectivity index (χ0) is 17.6. The van der Waals surface area contributed by atoms with Crippen LogP contribution in [-0.4, -0.2) is 25.7 Å². The van der Waals surface area contributed by atoms with E-state index in [2.05, 4.69) is 9.71 Å². The van der Waals surface area contributed by atoms with Crippen molar-refractivity contribution in [3.05, 3.63) is 23.2 Å². The normalized spacial score (nSPS) is 15.3. The van der Waals surface area contributed by atoms with Crippen LogP contribution in [0.2, 0.25) is 5.02 Å². The molecule has 0 amide bonds. The maximum atomic E-state index is 11.1. The molecule has 5 nitrogen and oxygen atoms in total. The highest BCUT2D eigenvalue weighted by molar-refractivity contribution is 7.89. The summed E-state index contributed by atoms with van der Waals surface area (Å²) in [5.41, 5.74) is 6.42. The predicted molar refractivity (Wildman–Crippen MR) is 106 cm³/mol. The maximum Gasteiger partial charge on any atom is 0.211 e. The summed E-state index contributed by atoms with van der Waals surface area (Å²) in [6.45, 7) is 2.32. The van der Waals surface area contributed by atoms with E-state index in [4.69, 9.17) is 17.3 Å². The fourth-order valence-corrected chi connectivity index (χ4v) is 4.36. The smallest absolute Gasteiger partial charge is 0.211 e. The van der Waals surface area contributed by atoms with Gasteiger partial charge in [0.25, 0.3) is 0 Å². The van der Waals surface area contributed by atoms with Crippen molar-refractivity contribution in [2.24, 2.45) is 5.92 Å². The monoisotopic (exact) mass is 409 g/mol. The summed E-state index contributed by atoms with van der Waals surface area (Å²) in [5, 5.41) is 1.31. The number of anilines is 1. The Morgan fingerprint density at radius 1 is 1.32 bits per heavy atom. The molecule has 0 bridgehead atoms. The van der Waals surface area contributed by atoms with Crippen LogP contribution in [0.1, 0.15) is 39.0 Å². The first kappa shape index (κ1) is 22.1. The highest BCUT2D eigenvalue weighted by Crippen LogP contribution is 2.26. The van der Waals surface area contributed by atoms with Crippen LogP contribution in [0.15, 0.2) is 18.2 Å². The van der Waals surface area contributed by atoms with Crippen LogP contribution in [0.25, 0.3) is 10.2 Å². The van der Waals surface area contributed by atoms with E-state index < -0.39 is 10.0 Å². The predicted octanol–water partition coefficient (Wildman–Crippen LogP) is 4.19. The van der Waals surface area contributed by atoms with Crippen molar-refractivity contribution in [1.29, 1.82) is 0 Å². The standard InChI is InChI=1S/C9H19NO2S.C7H5ClN2S.FH/c1-2-13(11,12)10-8-9-6-4-3-5-7-9;8-4-1-2-5-6(3-4)11-7(9)10-5;/h9-10H,2-8H2,1H3;1-3H,(H2,9,10);1H. The Morgan fingerprint density at radius 2 is 2.00 bits per heavy atom. The summed E-state index contributed by atoms with van der Waals surface area (Å²) in [7, 11) is -2.97. The van der Waals surface area contributed by atoms with Crippen molar-refractivity contribution in [3.63, 3.8) is 0 Å². The van der Waals surface area contributed by atoms with Crippen LogP contribution in [-0.2, 0) is 10.0 Å². The lowest BCUT2D eigenvalue weighted by molar-refractivity contribution is 0.357. The Hall–Kier alpha value is -0.960. The van der Waals surface area contributed by atoms with Gasteiger partial charge in [0.05, 0.1) is 16.0 Å². The van der Waals surface area contributed by atoms with Crippen LogP contribution in [0.3, 0.4) is 0 Å². The number of hydrogen-bond donors (Lipinski definition) is 2. The lowest BCUT2D eigenvalue weighted by Gasteiger charge is -2.21. The van der Waals surface area contributed by atoms with Gasteiger partial charge in [0.2, 0.25) is 10.0 Å². The van der Waals surface area contributed by atoms with E-state index in [1.807, 2.05) is 18.2 Å². The van der Waals surface area contributed by atoms with E-state index in [0.717, 1.165) is 15.2 Å². The van der Waals surface area contributed by atoms with Gasteiger partial charge in [-0.05, 0) is 43.9 Å². The largest absolute Gasteiger partial charge is 0.375 e. The molecular formula is C16H25ClFN3O2S2. The van der Waals surface area contributed by atoms with E-state index in [9.17, 15) is 8.42 Å². The summed E-state index contributed by atoms with van der Waals surface area (Å²) in [6, 6.07) is 5.54. The number of benzene rings is 1. The number of nitrogens with two attached hydrogens (primary N) is 1. The lowest BCUT2D eigenvalue weighted by Crippen LogP contribution is -2.31. The molecule has 1 saturated carbocycles. The zero-order valence-electron chi connectivity index (χ0n) is 14.2. The number of nitrogens with zero attached hydrogens (tertiary/aromatic N) is 1. The average Bonchev–Trinajstić information content (AvgIpc) is 2.94. The third-order valence-corrected chi connectivity index (χ3v) is 6.51. The van der Waals surface area contributed by atoms with E-state index in [1.165, 1.54) is 43.4 Å². The summed E-state index contributed by atoms with van der Waals surface area (Å²) in [4.78, 5) is 4.09. The maximum absolute atomic E-state index is 11.1. The quantitative estimate of drug-likeness (QED) is 0.792. The second kappa shape index (κ2) is 10.3. The molecule has 2 aromatic rings. The Morgan fingerprint density at radius 3 is 2.64 bits per heavy atom. The van der Waals surface area contributed by atoms with Gasteiger partial charge >= 0.3 is 0 Å². The second-order valence-corrected chi connectivity index (χ2v) is 9.51. The summed E-state index contributed by atoms with van der Waals surface area (Å²) < 4.78 is 25.9. The van der Waals surface area contributed by atoms with E-state index in [0.29, 0.717) is 17.6 Å².